The van der Waals surface area contributed by atoms with Gasteiger partial charge in [-0.05, 0) is 12.1 Å². The molecule has 14 N–H and O–H groups in total. The zero-order valence-corrected chi connectivity index (χ0v) is 18.6. The second-order valence-corrected chi connectivity index (χ2v) is 7.99. The molecule has 0 radical (unpaired) electrons. The Morgan fingerprint density at radius 2 is 0.944 bits per heavy atom. The maximum atomic E-state index is 8.28. The fraction of sp³-hybridized carbons (Fsp3) is 0.100. The van der Waals surface area contributed by atoms with Gasteiger partial charge in [0.2, 0.25) is 0 Å². The largest absolute Gasteiger partial charge is 0.396 e. The zero-order valence-electron chi connectivity index (χ0n) is 18.6. The molecular weight excluding hydrogens is 464 g/mol. The number of hydrogen-bond acceptors (Lipinski definition) is 14. The quantitative estimate of drug-likeness (QED) is 0.210. The topological polar surface area (TPSA) is 308 Å². The number of pyridine rings is 2. The standard InChI is InChI=1S/C20H20N16/c21-5-1-6(22)14-29-13(5)33-15-7(23)2-9(25)17(30-15)35-19-11(27)4-12(28)20(32-19)36-18-10(26)3-8(24)16(31-18)34-14/h1,4,23-26H,2-3,21-22,27-28H2,(H2,29,30,31,32,33,34,35,36). The van der Waals surface area contributed by atoms with E-state index in [0.717, 1.165) is 0 Å². The molecule has 16 nitrogen and oxygen atoms in total. The van der Waals surface area contributed by atoms with Gasteiger partial charge in [-0.2, -0.15) is 0 Å². The number of rotatable bonds is 0. The lowest BCUT2D eigenvalue weighted by Gasteiger charge is -2.12. The molecule has 16 heteroatoms. The first kappa shape index (κ1) is 22.3. The van der Waals surface area contributed by atoms with Crippen LogP contribution in [-0.4, -0.2) is 62.7 Å². The number of aromatic amines is 2. The highest BCUT2D eigenvalue weighted by atomic mass is 15.1. The van der Waals surface area contributed by atoms with Gasteiger partial charge in [0, 0.05) is 12.8 Å². The van der Waals surface area contributed by atoms with Gasteiger partial charge in [0.1, 0.15) is 0 Å². The molecule has 36 heavy (non-hydrogen) atoms. The molecule has 180 valence electrons. The van der Waals surface area contributed by atoms with Crippen molar-refractivity contribution in [2.75, 3.05) is 22.9 Å². The molecule has 0 aliphatic carbocycles. The number of aromatic nitrogens is 8. The number of nitrogens with two attached hydrogens (primary N) is 4. The van der Waals surface area contributed by atoms with Crippen molar-refractivity contribution in [3.8, 4) is 0 Å². The van der Waals surface area contributed by atoms with Crippen molar-refractivity contribution in [1.29, 1.82) is 21.6 Å². The van der Waals surface area contributed by atoms with Crippen LogP contribution in [0.2, 0.25) is 0 Å². The van der Waals surface area contributed by atoms with Crippen molar-refractivity contribution >= 4 is 68.2 Å². The number of nitrogen functional groups attached to an aromatic ring is 4. The summed E-state index contributed by atoms with van der Waals surface area (Å²) >= 11 is 0. The molecular formula is C20H20N16. The van der Waals surface area contributed by atoms with Gasteiger partial charge in [-0.25, -0.2) is 29.9 Å². The third-order valence-electron chi connectivity index (χ3n) is 5.27. The summed E-state index contributed by atoms with van der Waals surface area (Å²) in [6.07, 6.45) is -0.139. The highest BCUT2D eigenvalue weighted by molar-refractivity contribution is 6.16. The molecule has 5 heterocycles. The first-order chi connectivity index (χ1) is 17.1. The first-order valence-corrected chi connectivity index (χ1v) is 10.4. The van der Waals surface area contributed by atoms with Gasteiger partial charge in [0.25, 0.3) is 0 Å². The Bertz CT molecular complexity index is 1470. The fourth-order valence-electron chi connectivity index (χ4n) is 3.43. The van der Waals surface area contributed by atoms with E-state index in [-0.39, 0.29) is 104 Å². The minimum Gasteiger partial charge on any atom is -0.396 e. The molecule has 0 fully saturated rings. The van der Waals surface area contributed by atoms with Gasteiger partial charge < -0.3 is 54.5 Å². The summed E-state index contributed by atoms with van der Waals surface area (Å²) in [5, 5.41) is 33.1. The van der Waals surface area contributed by atoms with E-state index in [4.69, 9.17) is 44.6 Å². The van der Waals surface area contributed by atoms with Crippen LogP contribution in [-0.2, 0) is 0 Å². The summed E-state index contributed by atoms with van der Waals surface area (Å²) in [4.78, 5) is 31.7. The van der Waals surface area contributed by atoms with Crippen LogP contribution < -0.4 is 22.9 Å². The average Bonchev–Trinajstić information content (AvgIpc) is 2.79. The molecule has 0 amide bonds. The lowest BCUT2D eigenvalue weighted by atomic mass is 10.1. The van der Waals surface area contributed by atoms with Gasteiger partial charge in [-0.15, -0.1) is 0 Å². The Labute approximate surface area is 201 Å². The smallest absolute Gasteiger partial charge is 0.179 e. The van der Waals surface area contributed by atoms with E-state index >= 15 is 0 Å². The molecule has 5 rings (SSSR count). The number of anilines is 4. The Balaban J connectivity index is 2.02. The predicted octanol–water partition coefficient (Wildman–Crippen LogP) is 0.438. The molecule has 3 aromatic rings. The number of nitrogens with one attached hydrogen (secondary N) is 6. The third kappa shape index (κ3) is 3.87. The lowest BCUT2D eigenvalue weighted by Crippen LogP contribution is -2.21. The Morgan fingerprint density at radius 1 is 0.528 bits per heavy atom. The van der Waals surface area contributed by atoms with E-state index in [1.54, 1.807) is 0 Å². The van der Waals surface area contributed by atoms with Crippen molar-refractivity contribution in [3.63, 3.8) is 0 Å². The van der Waals surface area contributed by atoms with Crippen molar-refractivity contribution in [2.24, 2.45) is 0 Å². The monoisotopic (exact) mass is 484 g/mol. The number of H-pyrrole nitrogens is 2. The van der Waals surface area contributed by atoms with Crippen molar-refractivity contribution in [3.05, 3.63) is 35.4 Å². The molecule has 0 saturated carbocycles. The van der Waals surface area contributed by atoms with Gasteiger partial charge in [0.15, 0.2) is 45.9 Å². The average molecular weight is 484 g/mol. The second kappa shape index (κ2) is 8.05. The number of hydrogen-bond donors (Lipinski definition) is 10. The molecule has 0 spiro atoms. The van der Waals surface area contributed by atoms with Crippen LogP contribution in [0.3, 0.4) is 0 Å². The van der Waals surface area contributed by atoms with Crippen LogP contribution in [0.15, 0.2) is 12.1 Å². The number of nitrogens with zero attached hydrogens (tertiary/aromatic N) is 6. The summed E-state index contributed by atoms with van der Waals surface area (Å²) in [6.45, 7) is 0. The van der Waals surface area contributed by atoms with Crippen LogP contribution >= 0.6 is 0 Å². The van der Waals surface area contributed by atoms with Crippen LogP contribution in [0.1, 0.15) is 36.1 Å². The SMILES string of the molecule is N=C1CC(=N)c2nc1nc1nc(nc3nc([nH]c4nc([nH]2)c(N)cc4N)C(=N)CC3=N)c(N)cc1N. The van der Waals surface area contributed by atoms with Gasteiger partial charge in [-0.3, -0.25) is 0 Å². The van der Waals surface area contributed by atoms with Crippen molar-refractivity contribution < 1.29 is 0 Å². The van der Waals surface area contributed by atoms with Crippen LogP contribution in [0.25, 0.3) is 22.6 Å². The Morgan fingerprint density at radius 3 is 1.39 bits per heavy atom. The molecule has 0 aromatic carbocycles. The van der Waals surface area contributed by atoms with E-state index in [2.05, 4.69) is 39.9 Å². The highest BCUT2D eigenvalue weighted by Gasteiger charge is 2.20. The molecule has 0 saturated heterocycles. The number of fused-ring (bicyclic) bond motifs is 8. The summed E-state index contributed by atoms with van der Waals surface area (Å²) in [5.74, 6) is 0.0689. The maximum Gasteiger partial charge on any atom is 0.179 e. The van der Waals surface area contributed by atoms with Gasteiger partial charge in [-0.1, -0.05) is 0 Å². The van der Waals surface area contributed by atoms with Gasteiger partial charge in [0.05, 0.1) is 45.6 Å². The summed E-state index contributed by atoms with van der Waals surface area (Å²) in [7, 11) is 0. The lowest BCUT2D eigenvalue weighted by molar-refractivity contribution is 1.03. The molecule has 3 aromatic heterocycles. The van der Waals surface area contributed by atoms with E-state index in [1.165, 1.54) is 12.1 Å². The van der Waals surface area contributed by atoms with E-state index < -0.39 is 0 Å². The Hall–Kier alpha value is -5.54. The van der Waals surface area contributed by atoms with E-state index in [0.29, 0.717) is 0 Å². The molecule has 2 aliphatic rings. The summed E-state index contributed by atoms with van der Waals surface area (Å²) in [5.41, 5.74) is 25.1. The van der Waals surface area contributed by atoms with Crippen LogP contribution in [0.4, 0.5) is 22.7 Å². The van der Waals surface area contributed by atoms with Crippen molar-refractivity contribution in [1.82, 2.24) is 39.9 Å². The Kier molecular flexibility index (Phi) is 4.98. The minimum absolute atomic E-state index is 0.00301. The van der Waals surface area contributed by atoms with Gasteiger partial charge >= 0.3 is 0 Å². The predicted molar refractivity (Wildman–Crippen MR) is 135 cm³/mol. The minimum atomic E-state index is -0.0696. The van der Waals surface area contributed by atoms with E-state index in [1.807, 2.05) is 0 Å². The summed E-state index contributed by atoms with van der Waals surface area (Å²) in [6, 6.07) is 2.85. The molecule has 8 bridgehead atoms. The van der Waals surface area contributed by atoms with E-state index in [9.17, 15) is 0 Å². The molecule has 0 unspecified atom stereocenters. The van der Waals surface area contributed by atoms with Crippen LogP contribution in [0.5, 0.6) is 0 Å². The normalized spacial score (nSPS) is 14.0. The molecule has 0 atom stereocenters. The third-order valence-corrected chi connectivity index (χ3v) is 5.27. The van der Waals surface area contributed by atoms with Crippen LogP contribution in [0, 0.1) is 21.6 Å². The zero-order chi connectivity index (χ0) is 25.7. The second-order valence-electron chi connectivity index (χ2n) is 7.99. The first-order valence-electron chi connectivity index (χ1n) is 10.4. The molecule has 2 aliphatic heterocycles. The van der Waals surface area contributed by atoms with Crippen molar-refractivity contribution in [2.45, 2.75) is 12.8 Å². The summed E-state index contributed by atoms with van der Waals surface area (Å²) < 4.78 is 0. The fourth-order valence-corrected chi connectivity index (χ4v) is 3.43. The highest BCUT2D eigenvalue weighted by Crippen LogP contribution is 2.20. The maximum absolute atomic E-state index is 8.28.